The molecule has 0 fully saturated rings. The van der Waals surface area contributed by atoms with Gasteiger partial charge in [0.25, 0.3) is 0 Å². The van der Waals surface area contributed by atoms with Gasteiger partial charge < -0.3 is 9.67 Å². The summed E-state index contributed by atoms with van der Waals surface area (Å²) in [5.41, 5.74) is 1.94. The molecule has 3 nitrogen and oxygen atoms in total. The third-order valence-corrected chi connectivity index (χ3v) is 5.93. The first kappa shape index (κ1) is 21.5. The Kier molecular flexibility index (Phi) is 5.58. The monoisotopic (exact) mass is 528 g/mol. The van der Waals surface area contributed by atoms with Gasteiger partial charge >= 0.3 is 0 Å². The van der Waals surface area contributed by atoms with Gasteiger partial charge in [0.05, 0.1) is 29.3 Å². The molecule has 4 rings (SSSR count). The van der Waals surface area contributed by atoms with Crippen molar-refractivity contribution in [1.82, 2.24) is 4.57 Å². The summed E-state index contributed by atoms with van der Waals surface area (Å²) >= 11 is 2.19. The van der Waals surface area contributed by atoms with Crippen molar-refractivity contribution in [1.29, 1.82) is 5.26 Å². The fraction of sp³-hybridized carbons (Fsp3) is 0.160. The Balaban J connectivity index is 1.97. The molecule has 0 saturated heterocycles. The van der Waals surface area contributed by atoms with E-state index in [1.54, 1.807) is 50.2 Å². The number of halogens is 3. The highest BCUT2D eigenvalue weighted by Crippen LogP contribution is 2.39. The van der Waals surface area contributed by atoms with Gasteiger partial charge in [-0.05, 0) is 77.9 Å². The van der Waals surface area contributed by atoms with E-state index in [4.69, 9.17) is 0 Å². The molecule has 6 heteroatoms. The van der Waals surface area contributed by atoms with Crippen molar-refractivity contribution in [3.05, 3.63) is 81.6 Å². The van der Waals surface area contributed by atoms with Crippen LogP contribution in [0, 0.1) is 26.5 Å². The second kappa shape index (κ2) is 8.06. The minimum absolute atomic E-state index is 0.323. The van der Waals surface area contributed by atoms with Crippen molar-refractivity contribution >= 4 is 33.5 Å². The molecular formula is C25H19F2IN2O. The Bertz CT molecular complexity index is 1350. The lowest BCUT2D eigenvalue weighted by atomic mass is 9.90. The van der Waals surface area contributed by atoms with Crippen molar-refractivity contribution in [3.8, 4) is 28.3 Å². The van der Waals surface area contributed by atoms with Gasteiger partial charge in [0.2, 0.25) is 0 Å². The SMILES string of the molecule is CC(C)(O)Cn1cc(I)c2cc(-c3cccc(C#N)c3-c3cccc(F)c3)c(F)cc21. The van der Waals surface area contributed by atoms with Crippen molar-refractivity contribution in [3.63, 3.8) is 0 Å². The van der Waals surface area contributed by atoms with Crippen LogP contribution in [0.25, 0.3) is 33.2 Å². The number of aliphatic hydroxyl groups is 1. The summed E-state index contributed by atoms with van der Waals surface area (Å²) < 4.78 is 32.1. The molecule has 0 spiro atoms. The molecule has 1 aromatic heterocycles. The van der Waals surface area contributed by atoms with Gasteiger partial charge in [-0.25, -0.2) is 8.78 Å². The maximum Gasteiger partial charge on any atom is 0.133 e. The molecular weight excluding hydrogens is 509 g/mol. The summed E-state index contributed by atoms with van der Waals surface area (Å²) in [7, 11) is 0. The average Bonchev–Trinajstić information content (AvgIpc) is 2.99. The summed E-state index contributed by atoms with van der Waals surface area (Å²) in [4.78, 5) is 0. The number of hydrogen-bond acceptors (Lipinski definition) is 2. The smallest absolute Gasteiger partial charge is 0.133 e. The van der Waals surface area contributed by atoms with Gasteiger partial charge in [0, 0.05) is 26.3 Å². The molecule has 3 aromatic carbocycles. The molecule has 0 aliphatic rings. The molecule has 1 N–H and O–H groups in total. The predicted octanol–water partition coefficient (Wildman–Crippen LogP) is 6.50. The van der Waals surface area contributed by atoms with E-state index in [-0.39, 0.29) is 0 Å². The zero-order valence-electron chi connectivity index (χ0n) is 17.0. The number of fused-ring (bicyclic) bond motifs is 1. The van der Waals surface area contributed by atoms with Gasteiger partial charge in [-0.3, -0.25) is 0 Å². The average molecular weight is 528 g/mol. The van der Waals surface area contributed by atoms with E-state index in [1.807, 2.05) is 10.8 Å². The van der Waals surface area contributed by atoms with Crippen molar-refractivity contribution < 1.29 is 13.9 Å². The number of nitriles is 1. The molecule has 0 aliphatic heterocycles. The molecule has 0 atom stereocenters. The van der Waals surface area contributed by atoms with Crippen LogP contribution in [0.2, 0.25) is 0 Å². The summed E-state index contributed by atoms with van der Waals surface area (Å²) in [5, 5.41) is 20.7. The van der Waals surface area contributed by atoms with E-state index in [9.17, 15) is 14.8 Å². The Labute approximate surface area is 192 Å². The Hall–Kier alpha value is -2.76. The van der Waals surface area contributed by atoms with Crippen molar-refractivity contribution in [2.45, 2.75) is 26.0 Å². The highest BCUT2D eigenvalue weighted by atomic mass is 127. The van der Waals surface area contributed by atoms with Gasteiger partial charge in [-0.15, -0.1) is 0 Å². The minimum Gasteiger partial charge on any atom is -0.389 e. The maximum atomic E-state index is 15.4. The first-order valence-electron chi connectivity index (χ1n) is 9.67. The third-order valence-electron chi connectivity index (χ3n) is 5.07. The van der Waals surface area contributed by atoms with Crippen LogP contribution in [0.15, 0.2) is 60.8 Å². The molecule has 31 heavy (non-hydrogen) atoms. The zero-order chi connectivity index (χ0) is 22.3. The second-order valence-electron chi connectivity index (χ2n) is 8.12. The number of benzene rings is 3. The molecule has 1 heterocycles. The van der Waals surface area contributed by atoms with Crippen LogP contribution in [-0.2, 0) is 6.54 Å². The van der Waals surface area contributed by atoms with Gasteiger partial charge in [-0.2, -0.15) is 5.26 Å². The maximum absolute atomic E-state index is 15.4. The quantitative estimate of drug-likeness (QED) is 0.308. The van der Waals surface area contributed by atoms with Crippen LogP contribution >= 0.6 is 22.6 Å². The van der Waals surface area contributed by atoms with Crippen LogP contribution in [0.3, 0.4) is 0 Å². The Morgan fingerprint density at radius 1 is 1.06 bits per heavy atom. The van der Waals surface area contributed by atoms with Gasteiger partial charge in [0.15, 0.2) is 0 Å². The summed E-state index contributed by atoms with van der Waals surface area (Å²) in [6, 6.07) is 16.4. The number of nitrogens with zero attached hydrogens (tertiary/aromatic N) is 2. The first-order valence-corrected chi connectivity index (χ1v) is 10.8. The van der Waals surface area contributed by atoms with Crippen LogP contribution in [0.1, 0.15) is 19.4 Å². The molecule has 0 bridgehead atoms. The number of aromatic nitrogens is 1. The molecule has 0 radical (unpaired) electrons. The second-order valence-corrected chi connectivity index (χ2v) is 9.28. The highest BCUT2D eigenvalue weighted by Gasteiger charge is 2.20. The molecule has 0 saturated carbocycles. The summed E-state index contributed by atoms with van der Waals surface area (Å²) in [6.07, 6.45) is 1.88. The Morgan fingerprint density at radius 3 is 2.48 bits per heavy atom. The number of hydrogen-bond donors (Lipinski definition) is 1. The Morgan fingerprint density at radius 2 is 1.81 bits per heavy atom. The van der Waals surface area contributed by atoms with Gasteiger partial charge in [0.1, 0.15) is 11.6 Å². The lowest BCUT2D eigenvalue weighted by Gasteiger charge is -2.19. The third kappa shape index (κ3) is 4.21. The molecule has 0 aliphatic carbocycles. The zero-order valence-corrected chi connectivity index (χ0v) is 19.1. The van der Waals surface area contributed by atoms with E-state index in [0.29, 0.717) is 39.9 Å². The van der Waals surface area contributed by atoms with E-state index in [2.05, 4.69) is 28.7 Å². The highest BCUT2D eigenvalue weighted by molar-refractivity contribution is 14.1. The van der Waals surface area contributed by atoms with Crippen molar-refractivity contribution in [2.75, 3.05) is 0 Å². The van der Waals surface area contributed by atoms with E-state index in [0.717, 1.165) is 8.96 Å². The molecule has 4 aromatic rings. The van der Waals surface area contributed by atoms with Crippen LogP contribution in [-0.4, -0.2) is 15.3 Å². The number of rotatable bonds is 4. The van der Waals surface area contributed by atoms with E-state index in [1.165, 1.54) is 18.2 Å². The first-order chi connectivity index (χ1) is 14.7. The van der Waals surface area contributed by atoms with Crippen LogP contribution < -0.4 is 0 Å². The lowest BCUT2D eigenvalue weighted by Crippen LogP contribution is -2.25. The topological polar surface area (TPSA) is 49.0 Å². The molecule has 0 unspecified atom stereocenters. The summed E-state index contributed by atoms with van der Waals surface area (Å²) in [5.74, 6) is -0.878. The van der Waals surface area contributed by atoms with Crippen LogP contribution in [0.5, 0.6) is 0 Å². The summed E-state index contributed by atoms with van der Waals surface area (Å²) in [6.45, 7) is 3.73. The molecule has 0 amide bonds. The fourth-order valence-corrected chi connectivity index (χ4v) is 4.61. The predicted molar refractivity (Wildman–Crippen MR) is 126 cm³/mol. The van der Waals surface area contributed by atoms with E-state index < -0.39 is 17.2 Å². The largest absolute Gasteiger partial charge is 0.389 e. The normalized spacial score (nSPS) is 11.6. The van der Waals surface area contributed by atoms with Crippen LogP contribution in [0.4, 0.5) is 8.78 Å². The van der Waals surface area contributed by atoms with Gasteiger partial charge in [-0.1, -0.05) is 24.3 Å². The lowest BCUT2D eigenvalue weighted by molar-refractivity contribution is 0.0628. The fourth-order valence-electron chi connectivity index (χ4n) is 3.85. The standard InChI is InChI=1S/C25H19F2IN2O/c1-25(2,31)14-30-13-22(28)20-10-19(21(27)11-23(20)30)18-8-4-6-16(12-29)24(18)15-5-3-7-17(26)9-15/h3-11,13,31H,14H2,1-2H3. The van der Waals surface area contributed by atoms with E-state index >= 15 is 4.39 Å². The van der Waals surface area contributed by atoms with Crippen molar-refractivity contribution in [2.24, 2.45) is 0 Å². The minimum atomic E-state index is -0.949. The molecule has 156 valence electrons.